The van der Waals surface area contributed by atoms with E-state index in [1.54, 1.807) is 18.2 Å². The summed E-state index contributed by atoms with van der Waals surface area (Å²) in [7, 11) is -3.96. The van der Waals surface area contributed by atoms with E-state index in [0.717, 1.165) is 28.0 Å². The first-order chi connectivity index (χ1) is 15.0. The monoisotopic (exact) mass is 472 g/mol. The van der Waals surface area contributed by atoms with Crippen LogP contribution < -0.4 is 14.8 Å². The summed E-state index contributed by atoms with van der Waals surface area (Å²) in [6, 6.07) is 12.3. The molecule has 1 aliphatic heterocycles. The summed E-state index contributed by atoms with van der Waals surface area (Å²) in [6.45, 7) is 7.68. The smallest absolute Gasteiger partial charge is 0.270 e. The molecule has 2 heterocycles. The first kappa shape index (κ1) is 22.4. The second-order valence-electron chi connectivity index (χ2n) is 8.48. The lowest BCUT2D eigenvalue weighted by molar-refractivity contribution is 0.0701. The number of carbonyl (C=O) groups excluding carboxylic acids is 1. The standard InChI is InChI=1S/C22H24N4O4S2/c1-13-6-5-7-15(10-13)19(27)23-20-24-25-21(31-20)32(28,29)26-17-12-22(3,4)30-18-11-14(2)8-9-16(17)18/h5-11,17,26H,12H2,1-4H3,(H,23,24,27)/t17-/m1/s1. The van der Waals surface area contributed by atoms with E-state index < -0.39 is 21.7 Å². The van der Waals surface area contributed by atoms with E-state index in [2.05, 4.69) is 20.2 Å². The Morgan fingerprint density at radius 3 is 2.62 bits per heavy atom. The van der Waals surface area contributed by atoms with Gasteiger partial charge in [0.1, 0.15) is 11.4 Å². The summed E-state index contributed by atoms with van der Waals surface area (Å²) in [5.41, 5.74) is 2.66. The van der Waals surface area contributed by atoms with Gasteiger partial charge in [-0.1, -0.05) is 41.2 Å². The minimum Gasteiger partial charge on any atom is -0.487 e. The minimum atomic E-state index is -3.96. The number of aromatic nitrogens is 2. The van der Waals surface area contributed by atoms with Gasteiger partial charge in [-0.2, -0.15) is 0 Å². The van der Waals surface area contributed by atoms with Crippen molar-refractivity contribution in [2.24, 2.45) is 0 Å². The highest BCUT2D eigenvalue weighted by Gasteiger charge is 2.37. The van der Waals surface area contributed by atoms with Crippen molar-refractivity contribution in [3.05, 3.63) is 64.7 Å². The summed E-state index contributed by atoms with van der Waals surface area (Å²) in [5, 5.41) is 10.4. The molecule has 4 rings (SSSR count). The van der Waals surface area contributed by atoms with Gasteiger partial charge in [0.2, 0.25) is 9.47 Å². The fourth-order valence-corrected chi connectivity index (χ4v) is 5.75. The average molecular weight is 473 g/mol. The maximum absolute atomic E-state index is 13.0. The van der Waals surface area contributed by atoms with Crippen molar-refractivity contribution in [1.82, 2.24) is 14.9 Å². The van der Waals surface area contributed by atoms with Crippen molar-refractivity contribution in [3.8, 4) is 5.75 Å². The predicted octanol–water partition coefficient (Wildman–Crippen LogP) is 3.99. The van der Waals surface area contributed by atoms with Crippen LogP contribution in [0, 0.1) is 13.8 Å². The molecule has 0 radical (unpaired) electrons. The van der Waals surface area contributed by atoms with Crippen molar-refractivity contribution in [1.29, 1.82) is 0 Å². The largest absolute Gasteiger partial charge is 0.487 e. The zero-order valence-electron chi connectivity index (χ0n) is 18.2. The minimum absolute atomic E-state index is 0.111. The van der Waals surface area contributed by atoms with E-state index in [1.807, 2.05) is 52.0 Å². The number of aryl methyl sites for hydroxylation is 2. The summed E-state index contributed by atoms with van der Waals surface area (Å²) in [6.07, 6.45) is 0.456. The highest BCUT2D eigenvalue weighted by Crippen LogP contribution is 2.40. The van der Waals surface area contributed by atoms with E-state index in [4.69, 9.17) is 4.74 Å². The van der Waals surface area contributed by atoms with E-state index in [9.17, 15) is 13.2 Å². The Morgan fingerprint density at radius 1 is 1.12 bits per heavy atom. The molecule has 0 unspecified atom stereocenters. The van der Waals surface area contributed by atoms with Crippen LogP contribution in [0.3, 0.4) is 0 Å². The van der Waals surface area contributed by atoms with E-state index in [-0.39, 0.29) is 15.4 Å². The number of ether oxygens (including phenoxy) is 1. The number of amides is 1. The molecule has 0 bridgehead atoms. The number of rotatable bonds is 5. The topological polar surface area (TPSA) is 110 Å². The summed E-state index contributed by atoms with van der Waals surface area (Å²) in [4.78, 5) is 12.4. The molecular weight excluding hydrogens is 448 g/mol. The summed E-state index contributed by atoms with van der Waals surface area (Å²) >= 11 is 0.803. The van der Waals surface area contributed by atoms with Crippen molar-refractivity contribution in [2.75, 3.05) is 5.32 Å². The SMILES string of the molecule is Cc1cccc(C(=O)Nc2nnc(S(=O)(=O)N[C@@H]3CC(C)(C)Oc4cc(C)ccc43)s2)c1. The normalized spacial score (nSPS) is 17.3. The number of sulfonamides is 1. The van der Waals surface area contributed by atoms with Crippen LogP contribution in [0.5, 0.6) is 5.75 Å². The van der Waals surface area contributed by atoms with E-state index in [1.165, 1.54) is 0 Å². The molecule has 2 aromatic carbocycles. The Bertz CT molecular complexity index is 1280. The van der Waals surface area contributed by atoms with E-state index >= 15 is 0 Å². The number of hydrogen-bond acceptors (Lipinski definition) is 7. The van der Waals surface area contributed by atoms with Crippen LogP contribution in [-0.4, -0.2) is 30.1 Å². The van der Waals surface area contributed by atoms with Gasteiger partial charge in [0.15, 0.2) is 0 Å². The lowest BCUT2D eigenvalue weighted by Gasteiger charge is -2.37. The van der Waals surface area contributed by atoms with Gasteiger partial charge in [0, 0.05) is 17.5 Å². The highest BCUT2D eigenvalue weighted by molar-refractivity contribution is 7.91. The Morgan fingerprint density at radius 2 is 1.88 bits per heavy atom. The molecule has 10 heteroatoms. The number of anilines is 1. The fraction of sp³-hybridized carbons (Fsp3) is 0.318. The molecule has 32 heavy (non-hydrogen) atoms. The summed E-state index contributed by atoms with van der Waals surface area (Å²) in [5.74, 6) is 0.287. The Kier molecular flexibility index (Phi) is 5.78. The lowest BCUT2D eigenvalue weighted by atomic mass is 9.90. The third-order valence-electron chi connectivity index (χ3n) is 5.06. The molecule has 0 saturated carbocycles. The first-order valence-corrected chi connectivity index (χ1v) is 12.4. The van der Waals surface area contributed by atoms with Gasteiger partial charge in [-0.25, -0.2) is 13.1 Å². The van der Waals surface area contributed by atoms with Gasteiger partial charge in [0.05, 0.1) is 6.04 Å². The molecular formula is C22H24N4O4S2. The van der Waals surface area contributed by atoms with Crippen molar-refractivity contribution >= 4 is 32.4 Å². The van der Waals surface area contributed by atoms with Crippen LogP contribution in [0.25, 0.3) is 0 Å². The quantitative estimate of drug-likeness (QED) is 0.544. The number of nitrogens with one attached hydrogen (secondary N) is 2. The zero-order valence-corrected chi connectivity index (χ0v) is 19.8. The number of carbonyl (C=O) groups is 1. The van der Waals surface area contributed by atoms with Gasteiger partial charge in [0.25, 0.3) is 15.9 Å². The fourth-order valence-electron chi connectivity index (χ4n) is 3.63. The third-order valence-corrected chi connectivity index (χ3v) is 7.74. The Labute approximate surface area is 191 Å². The molecule has 3 aromatic rings. The second kappa shape index (κ2) is 8.27. The molecule has 0 aliphatic carbocycles. The molecule has 0 saturated heterocycles. The molecule has 8 nitrogen and oxygen atoms in total. The predicted molar refractivity (Wildman–Crippen MR) is 123 cm³/mol. The van der Waals surface area contributed by atoms with Gasteiger partial charge in [-0.3, -0.25) is 10.1 Å². The van der Waals surface area contributed by atoms with Gasteiger partial charge >= 0.3 is 0 Å². The van der Waals surface area contributed by atoms with Crippen LogP contribution in [0.4, 0.5) is 5.13 Å². The molecule has 168 valence electrons. The van der Waals surface area contributed by atoms with Gasteiger partial charge in [-0.15, -0.1) is 10.2 Å². The maximum atomic E-state index is 13.0. The van der Waals surface area contributed by atoms with Crippen molar-refractivity contribution < 1.29 is 17.9 Å². The zero-order chi connectivity index (χ0) is 23.1. The summed E-state index contributed by atoms with van der Waals surface area (Å²) < 4.78 is 34.7. The number of benzene rings is 2. The van der Waals surface area contributed by atoms with Crippen LogP contribution in [0.2, 0.25) is 0 Å². The van der Waals surface area contributed by atoms with Crippen LogP contribution in [0.1, 0.15) is 53.4 Å². The van der Waals surface area contributed by atoms with Crippen LogP contribution in [-0.2, 0) is 10.0 Å². The number of fused-ring (bicyclic) bond motifs is 1. The Hall–Kier alpha value is -2.82. The van der Waals surface area contributed by atoms with Crippen molar-refractivity contribution in [2.45, 2.75) is 50.1 Å². The van der Waals surface area contributed by atoms with Gasteiger partial charge < -0.3 is 4.74 Å². The molecule has 1 aromatic heterocycles. The van der Waals surface area contributed by atoms with Crippen LogP contribution >= 0.6 is 11.3 Å². The van der Waals surface area contributed by atoms with Crippen LogP contribution in [0.15, 0.2) is 46.8 Å². The third kappa shape index (κ3) is 4.82. The molecule has 1 amide bonds. The van der Waals surface area contributed by atoms with Crippen molar-refractivity contribution in [3.63, 3.8) is 0 Å². The van der Waals surface area contributed by atoms with Gasteiger partial charge in [-0.05, 0) is 51.5 Å². The average Bonchev–Trinajstić information content (AvgIpc) is 3.16. The molecule has 0 spiro atoms. The second-order valence-corrected chi connectivity index (χ2v) is 11.3. The maximum Gasteiger partial charge on any atom is 0.270 e. The lowest BCUT2D eigenvalue weighted by Crippen LogP contribution is -2.41. The molecule has 2 N–H and O–H groups in total. The number of hydrogen-bond donors (Lipinski definition) is 2. The molecule has 1 aliphatic rings. The Balaban J connectivity index is 1.54. The first-order valence-electron chi connectivity index (χ1n) is 10.1. The van der Waals surface area contributed by atoms with E-state index in [0.29, 0.717) is 17.7 Å². The molecule has 0 fully saturated rings. The number of nitrogens with zero attached hydrogens (tertiary/aromatic N) is 2. The molecule has 1 atom stereocenters. The highest BCUT2D eigenvalue weighted by atomic mass is 32.2.